The Kier molecular flexibility index (Phi) is 5.58. The Morgan fingerprint density at radius 1 is 1.23 bits per heavy atom. The molecule has 2 amide bonds. The van der Waals surface area contributed by atoms with Crippen LogP contribution in [0.2, 0.25) is 0 Å². The zero-order valence-electron chi connectivity index (χ0n) is 13.9. The van der Waals surface area contributed by atoms with E-state index in [0.29, 0.717) is 6.04 Å². The summed E-state index contributed by atoms with van der Waals surface area (Å²) in [5.41, 5.74) is 0. The largest absolute Gasteiger partial charge is 0.376 e. The second kappa shape index (κ2) is 7.64. The van der Waals surface area contributed by atoms with Gasteiger partial charge in [0.2, 0.25) is 0 Å². The lowest BCUT2D eigenvalue weighted by Gasteiger charge is -2.23. The third kappa shape index (κ3) is 4.35. The van der Waals surface area contributed by atoms with Crippen molar-refractivity contribution in [3.8, 4) is 0 Å². The molecule has 5 nitrogen and oxygen atoms in total. The van der Waals surface area contributed by atoms with Gasteiger partial charge in [0.25, 0.3) is 0 Å². The number of urea groups is 1. The summed E-state index contributed by atoms with van der Waals surface area (Å²) in [6.07, 6.45) is 9.04. The summed E-state index contributed by atoms with van der Waals surface area (Å²) in [5, 5.41) is 6.18. The molecule has 0 spiro atoms. The highest BCUT2D eigenvalue weighted by molar-refractivity contribution is 5.74. The van der Waals surface area contributed by atoms with E-state index >= 15 is 0 Å². The number of ether oxygens (including phenoxy) is 1. The van der Waals surface area contributed by atoms with E-state index in [2.05, 4.69) is 15.5 Å². The van der Waals surface area contributed by atoms with Gasteiger partial charge in [-0.2, -0.15) is 0 Å². The van der Waals surface area contributed by atoms with Gasteiger partial charge in [-0.05, 0) is 44.9 Å². The van der Waals surface area contributed by atoms with Crippen molar-refractivity contribution in [1.29, 1.82) is 0 Å². The highest BCUT2D eigenvalue weighted by Crippen LogP contribution is 2.26. The van der Waals surface area contributed by atoms with Crippen molar-refractivity contribution < 1.29 is 9.53 Å². The molecule has 3 fully saturated rings. The minimum Gasteiger partial charge on any atom is -0.376 e. The number of hydrogen-bond acceptors (Lipinski definition) is 3. The summed E-state index contributed by atoms with van der Waals surface area (Å²) in [6, 6.07) is 0.368. The summed E-state index contributed by atoms with van der Waals surface area (Å²) < 4.78 is 5.63. The van der Waals surface area contributed by atoms with Gasteiger partial charge in [0, 0.05) is 32.3 Å². The Morgan fingerprint density at radius 3 is 2.77 bits per heavy atom. The molecule has 3 rings (SSSR count). The predicted octanol–water partition coefficient (Wildman–Crippen LogP) is 2.12. The fourth-order valence-electron chi connectivity index (χ4n) is 4.20. The quantitative estimate of drug-likeness (QED) is 0.818. The molecule has 126 valence electrons. The second-order valence-corrected chi connectivity index (χ2v) is 7.35. The number of likely N-dealkylation sites (tertiary alicyclic amines) is 1. The van der Waals surface area contributed by atoms with Crippen LogP contribution >= 0.6 is 0 Å². The van der Waals surface area contributed by atoms with E-state index in [1.54, 1.807) is 0 Å². The zero-order chi connectivity index (χ0) is 15.4. The first kappa shape index (κ1) is 16.1. The molecule has 0 aromatic carbocycles. The van der Waals surface area contributed by atoms with Crippen LogP contribution in [0.1, 0.15) is 51.9 Å². The Labute approximate surface area is 134 Å². The van der Waals surface area contributed by atoms with Crippen LogP contribution in [-0.2, 0) is 4.74 Å². The van der Waals surface area contributed by atoms with E-state index in [0.717, 1.165) is 44.9 Å². The molecule has 0 aromatic rings. The Morgan fingerprint density at radius 2 is 2.05 bits per heavy atom. The van der Waals surface area contributed by atoms with Crippen LogP contribution in [0.4, 0.5) is 4.79 Å². The smallest absolute Gasteiger partial charge is 0.315 e. The maximum Gasteiger partial charge on any atom is 0.315 e. The SMILES string of the molecule is C[C@H](NC(=O)N[C@H]1CCN(CC2CCCC2)C1)[C@H]1CCCO1. The van der Waals surface area contributed by atoms with Crippen LogP contribution < -0.4 is 10.6 Å². The van der Waals surface area contributed by atoms with Crippen molar-refractivity contribution in [2.75, 3.05) is 26.2 Å². The van der Waals surface area contributed by atoms with E-state index in [9.17, 15) is 4.79 Å². The Hall–Kier alpha value is -0.810. The summed E-state index contributed by atoms with van der Waals surface area (Å²) in [4.78, 5) is 14.7. The summed E-state index contributed by atoms with van der Waals surface area (Å²) in [6.45, 7) is 6.24. The molecule has 0 unspecified atom stereocenters. The summed E-state index contributed by atoms with van der Waals surface area (Å²) >= 11 is 0. The zero-order valence-corrected chi connectivity index (χ0v) is 13.9. The molecule has 0 aromatic heterocycles. The van der Waals surface area contributed by atoms with Gasteiger partial charge in [-0.3, -0.25) is 0 Å². The van der Waals surface area contributed by atoms with Gasteiger partial charge in [-0.25, -0.2) is 4.79 Å². The van der Waals surface area contributed by atoms with Crippen molar-refractivity contribution in [2.24, 2.45) is 5.92 Å². The standard InChI is InChI=1S/C17H31N3O2/c1-13(16-7-4-10-22-16)18-17(21)19-15-8-9-20(12-15)11-14-5-2-3-6-14/h13-16H,2-12H2,1H3,(H2,18,19,21)/t13-,15-,16+/m0/s1. The van der Waals surface area contributed by atoms with Gasteiger partial charge in [-0.15, -0.1) is 0 Å². The van der Waals surface area contributed by atoms with E-state index in [1.807, 2.05) is 6.92 Å². The molecule has 2 saturated heterocycles. The first-order valence-corrected chi connectivity index (χ1v) is 9.11. The molecule has 22 heavy (non-hydrogen) atoms. The minimum absolute atomic E-state index is 0.0317. The van der Waals surface area contributed by atoms with E-state index in [4.69, 9.17) is 4.74 Å². The molecule has 0 bridgehead atoms. The molecule has 0 radical (unpaired) electrons. The fourth-order valence-corrected chi connectivity index (χ4v) is 4.20. The van der Waals surface area contributed by atoms with Gasteiger partial charge in [0.1, 0.15) is 0 Å². The number of carbonyl (C=O) groups excluding carboxylic acids is 1. The first-order valence-electron chi connectivity index (χ1n) is 9.11. The maximum atomic E-state index is 12.1. The Balaban J connectivity index is 1.35. The second-order valence-electron chi connectivity index (χ2n) is 7.35. The van der Waals surface area contributed by atoms with Crippen LogP contribution in [0.15, 0.2) is 0 Å². The number of rotatable bonds is 5. The summed E-state index contributed by atoms with van der Waals surface area (Å²) in [7, 11) is 0. The van der Waals surface area contributed by atoms with Crippen molar-refractivity contribution >= 4 is 6.03 Å². The van der Waals surface area contributed by atoms with Crippen LogP contribution in [0.5, 0.6) is 0 Å². The number of carbonyl (C=O) groups is 1. The molecule has 3 atom stereocenters. The lowest BCUT2D eigenvalue weighted by atomic mass is 10.1. The van der Waals surface area contributed by atoms with Crippen LogP contribution in [0.3, 0.4) is 0 Å². The lowest BCUT2D eigenvalue weighted by Crippen LogP contribution is -2.49. The fraction of sp³-hybridized carbons (Fsp3) is 0.941. The van der Waals surface area contributed by atoms with Gasteiger partial charge >= 0.3 is 6.03 Å². The lowest BCUT2D eigenvalue weighted by molar-refractivity contribution is 0.0858. The van der Waals surface area contributed by atoms with Crippen LogP contribution in [-0.4, -0.2) is 55.4 Å². The molecule has 2 aliphatic heterocycles. The highest BCUT2D eigenvalue weighted by Gasteiger charge is 2.28. The van der Waals surface area contributed by atoms with E-state index in [-0.39, 0.29) is 18.2 Å². The van der Waals surface area contributed by atoms with Gasteiger partial charge in [-0.1, -0.05) is 12.8 Å². The van der Waals surface area contributed by atoms with Crippen LogP contribution in [0.25, 0.3) is 0 Å². The highest BCUT2D eigenvalue weighted by atomic mass is 16.5. The molecular weight excluding hydrogens is 278 g/mol. The number of amides is 2. The van der Waals surface area contributed by atoms with E-state index < -0.39 is 0 Å². The molecular formula is C17H31N3O2. The third-order valence-electron chi connectivity index (χ3n) is 5.48. The topological polar surface area (TPSA) is 53.6 Å². The molecule has 5 heteroatoms. The van der Waals surface area contributed by atoms with Gasteiger partial charge < -0.3 is 20.3 Å². The summed E-state index contributed by atoms with van der Waals surface area (Å²) in [5.74, 6) is 0.895. The minimum atomic E-state index is -0.0317. The van der Waals surface area contributed by atoms with Crippen molar-refractivity contribution in [1.82, 2.24) is 15.5 Å². The molecule has 1 saturated carbocycles. The van der Waals surface area contributed by atoms with Crippen molar-refractivity contribution in [3.63, 3.8) is 0 Å². The predicted molar refractivity (Wildman–Crippen MR) is 86.9 cm³/mol. The first-order chi connectivity index (χ1) is 10.7. The van der Waals surface area contributed by atoms with E-state index in [1.165, 1.54) is 32.2 Å². The number of nitrogens with one attached hydrogen (secondary N) is 2. The monoisotopic (exact) mass is 309 g/mol. The average Bonchev–Trinajstić information content (AvgIpc) is 3.20. The van der Waals surface area contributed by atoms with Gasteiger partial charge in [0.15, 0.2) is 0 Å². The van der Waals surface area contributed by atoms with Crippen LogP contribution in [0, 0.1) is 5.92 Å². The number of hydrogen-bond donors (Lipinski definition) is 2. The average molecular weight is 309 g/mol. The van der Waals surface area contributed by atoms with Crippen molar-refractivity contribution in [3.05, 3.63) is 0 Å². The molecule has 1 aliphatic carbocycles. The maximum absolute atomic E-state index is 12.1. The molecule has 2 N–H and O–H groups in total. The van der Waals surface area contributed by atoms with Gasteiger partial charge in [0.05, 0.1) is 12.1 Å². The molecule has 2 heterocycles. The van der Waals surface area contributed by atoms with Crippen molar-refractivity contribution in [2.45, 2.75) is 70.1 Å². The third-order valence-corrected chi connectivity index (χ3v) is 5.48. The molecule has 3 aliphatic rings. The number of nitrogens with zero attached hydrogens (tertiary/aromatic N) is 1. The normalized spacial score (nSPS) is 31.5. The Bertz CT molecular complexity index is 365.